The minimum absolute atomic E-state index is 0.0423. The monoisotopic (exact) mass is 355 g/mol. The summed E-state index contributed by atoms with van der Waals surface area (Å²) in [6.07, 6.45) is 0. The van der Waals surface area contributed by atoms with E-state index in [0.717, 1.165) is 31.1 Å². The van der Waals surface area contributed by atoms with Crippen LogP contribution in [-0.4, -0.2) is 43.6 Å². The number of hydrogen-bond acceptors (Lipinski definition) is 4. The molecule has 0 spiro atoms. The van der Waals surface area contributed by atoms with Gasteiger partial charge in [-0.25, -0.2) is 0 Å². The number of nitrogens with one attached hydrogen (secondary N) is 2. The number of amides is 1. The van der Waals surface area contributed by atoms with Gasteiger partial charge in [0.15, 0.2) is 0 Å². The number of anilines is 1. The standard InChI is InChI=1S/C21H29N3O2/c1-3-24(4-2)17-18-10-8-9-13-20(18)23-16-21(25)22-14-15-26-19-11-6-5-7-12-19/h5-13,23H,3-4,14-17H2,1-2H3,(H,22,25). The Morgan fingerprint density at radius 2 is 1.69 bits per heavy atom. The first kappa shape index (κ1) is 19.8. The van der Waals surface area contributed by atoms with Crippen LogP contribution in [0.5, 0.6) is 5.75 Å². The van der Waals surface area contributed by atoms with Crippen molar-refractivity contribution in [2.45, 2.75) is 20.4 Å². The molecule has 0 aliphatic rings. The first-order valence-electron chi connectivity index (χ1n) is 9.21. The molecule has 2 N–H and O–H groups in total. The molecule has 0 aliphatic carbocycles. The van der Waals surface area contributed by atoms with Gasteiger partial charge < -0.3 is 15.4 Å². The van der Waals surface area contributed by atoms with Crippen LogP contribution in [-0.2, 0) is 11.3 Å². The average molecular weight is 355 g/mol. The molecule has 0 fully saturated rings. The lowest BCUT2D eigenvalue weighted by Crippen LogP contribution is -2.33. The number of para-hydroxylation sites is 2. The minimum Gasteiger partial charge on any atom is -0.492 e. The number of ether oxygens (including phenoxy) is 1. The van der Waals surface area contributed by atoms with Crippen molar-refractivity contribution in [3.05, 3.63) is 60.2 Å². The Morgan fingerprint density at radius 3 is 2.42 bits per heavy atom. The zero-order valence-electron chi connectivity index (χ0n) is 15.7. The van der Waals surface area contributed by atoms with Gasteiger partial charge in [0.05, 0.1) is 13.1 Å². The highest BCUT2D eigenvalue weighted by atomic mass is 16.5. The van der Waals surface area contributed by atoms with Gasteiger partial charge in [-0.3, -0.25) is 9.69 Å². The van der Waals surface area contributed by atoms with Gasteiger partial charge >= 0.3 is 0 Å². The first-order chi connectivity index (χ1) is 12.7. The lowest BCUT2D eigenvalue weighted by atomic mass is 10.1. The normalized spacial score (nSPS) is 10.6. The summed E-state index contributed by atoms with van der Waals surface area (Å²) in [5.74, 6) is 0.768. The third-order valence-corrected chi connectivity index (χ3v) is 4.18. The summed E-state index contributed by atoms with van der Waals surface area (Å²) >= 11 is 0. The van der Waals surface area contributed by atoms with Crippen LogP contribution in [0.2, 0.25) is 0 Å². The van der Waals surface area contributed by atoms with Crippen LogP contribution >= 0.6 is 0 Å². The van der Waals surface area contributed by atoms with Crippen LogP contribution in [0.15, 0.2) is 54.6 Å². The van der Waals surface area contributed by atoms with Crippen LogP contribution in [0.1, 0.15) is 19.4 Å². The highest BCUT2D eigenvalue weighted by Crippen LogP contribution is 2.16. The van der Waals surface area contributed by atoms with E-state index >= 15 is 0 Å². The molecule has 2 rings (SSSR count). The van der Waals surface area contributed by atoms with Crippen LogP contribution in [0, 0.1) is 0 Å². The molecule has 2 aromatic rings. The lowest BCUT2D eigenvalue weighted by molar-refractivity contribution is -0.119. The van der Waals surface area contributed by atoms with Crippen molar-refractivity contribution in [2.24, 2.45) is 0 Å². The summed E-state index contributed by atoms with van der Waals surface area (Å²) in [6, 6.07) is 17.7. The molecule has 26 heavy (non-hydrogen) atoms. The molecule has 0 saturated heterocycles. The molecule has 0 unspecified atom stereocenters. The van der Waals surface area contributed by atoms with Crippen molar-refractivity contribution in [1.29, 1.82) is 0 Å². The van der Waals surface area contributed by atoms with Crippen molar-refractivity contribution in [3.63, 3.8) is 0 Å². The second-order valence-corrected chi connectivity index (χ2v) is 5.98. The van der Waals surface area contributed by atoms with Gasteiger partial charge in [-0.1, -0.05) is 50.2 Å². The molecule has 0 aliphatic heterocycles. The van der Waals surface area contributed by atoms with E-state index in [2.05, 4.69) is 35.4 Å². The summed E-state index contributed by atoms with van der Waals surface area (Å²) in [5, 5.41) is 6.11. The van der Waals surface area contributed by atoms with Crippen LogP contribution in [0.3, 0.4) is 0 Å². The van der Waals surface area contributed by atoms with E-state index in [1.54, 1.807) is 0 Å². The Balaban J connectivity index is 1.73. The second kappa shape index (κ2) is 11.2. The minimum atomic E-state index is -0.0423. The topological polar surface area (TPSA) is 53.6 Å². The largest absolute Gasteiger partial charge is 0.492 e. The van der Waals surface area contributed by atoms with Crippen LogP contribution in [0.4, 0.5) is 5.69 Å². The molecule has 0 aromatic heterocycles. The number of rotatable bonds is 11. The summed E-state index contributed by atoms with van der Waals surface area (Å²) < 4.78 is 5.57. The van der Waals surface area contributed by atoms with Gasteiger partial charge in [-0.05, 0) is 36.9 Å². The fourth-order valence-electron chi connectivity index (χ4n) is 2.63. The molecule has 0 heterocycles. The summed E-state index contributed by atoms with van der Waals surface area (Å²) in [4.78, 5) is 14.4. The maximum Gasteiger partial charge on any atom is 0.239 e. The third kappa shape index (κ3) is 6.76. The first-order valence-corrected chi connectivity index (χ1v) is 9.21. The van der Waals surface area contributed by atoms with E-state index in [1.165, 1.54) is 5.56 Å². The predicted octanol–water partition coefficient (Wildman–Crippen LogP) is 3.14. The van der Waals surface area contributed by atoms with Gasteiger partial charge in [-0.2, -0.15) is 0 Å². The smallest absolute Gasteiger partial charge is 0.239 e. The number of nitrogens with zero attached hydrogens (tertiary/aromatic N) is 1. The molecule has 0 bridgehead atoms. The number of benzene rings is 2. The molecule has 0 atom stereocenters. The second-order valence-electron chi connectivity index (χ2n) is 5.98. The van der Waals surface area contributed by atoms with Gasteiger partial charge in [0.2, 0.25) is 5.91 Å². The highest BCUT2D eigenvalue weighted by Gasteiger charge is 2.07. The van der Waals surface area contributed by atoms with Gasteiger partial charge in [0.25, 0.3) is 0 Å². The summed E-state index contributed by atoms with van der Waals surface area (Å²) in [7, 11) is 0. The number of carbonyl (C=O) groups excluding carboxylic acids is 1. The van der Waals surface area contributed by atoms with Crippen molar-refractivity contribution in [2.75, 3.05) is 38.1 Å². The van der Waals surface area contributed by atoms with Crippen molar-refractivity contribution in [1.82, 2.24) is 10.2 Å². The van der Waals surface area contributed by atoms with Crippen LogP contribution in [0.25, 0.3) is 0 Å². The van der Waals surface area contributed by atoms with Crippen molar-refractivity contribution in [3.8, 4) is 5.75 Å². The molecule has 5 nitrogen and oxygen atoms in total. The van der Waals surface area contributed by atoms with Gasteiger partial charge in [0, 0.05) is 12.2 Å². The Morgan fingerprint density at radius 1 is 1.00 bits per heavy atom. The zero-order valence-corrected chi connectivity index (χ0v) is 15.7. The van der Waals surface area contributed by atoms with E-state index in [1.807, 2.05) is 48.5 Å². The SMILES string of the molecule is CCN(CC)Cc1ccccc1NCC(=O)NCCOc1ccccc1. The fraction of sp³-hybridized carbons (Fsp3) is 0.381. The lowest BCUT2D eigenvalue weighted by Gasteiger charge is -2.20. The number of carbonyl (C=O) groups is 1. The zero-order chi connectivity index (χ0) is 18.6. The molecule has 2 aromatic carbocycles. The van der Waals surface area contributed by atoms with Crippen LogP contribution < -0.4 is 15.4 Å². The Kier molecular flexibility index (Phi) is 8.49. The van der Waals surface area contributed by atoms with Gasteiger partial charge in [-0.15, -0.1) is 0 Å². The molecular formula is C21H29N3O2. The molecule has 0 radical (unpaired) electrons. The molecule has 1 amide bonds. The third-order valence-electron chi connectivity index (χ3n) is 4.18. The molecular weight excluding hydrogens is 326 g/mol. The quantitative estimate of drug-likeness (QED) is 0.608. The maximum atomic E-state index is 12.0. The Hall–Kier alpha value is -2.53. The van der Waals surface area contributed by atoms with Crippen molar-refractivity contribution < 1.29 is 9.53 Å². The fourth-order valence-corrected chi connectivity index (χ4v) is 2.63. The summed E-state index contributed by atoms with van der Waals surface area (Å²) in [6.45, 7) is 8.39. The number of hydrogen-bond donors (Lipinski definition) is 2. The van der Waals surface area contributed by atoms with E-state index in [9.17, 15) is 4.79 Å². The molecule has 5 heteroatoms. The molecule has 140 valence electrons. The Bertz CT molecular complexity index is 657. The van der Waals surface area contributed by atoms with E-state index in [-0.39, 0.29) is 12.5 Å². The van der Waals surface area contributed by atoms with Gasteiger partial charge in [0.1, 0.15) is 12.4 Å². The predicted molar refractivity (Wildman–Crippen MR) is 107 cm³/mol. The van der Waals surface area contributed by atoms with Crippen molar-refractivity contribution >= 4 is 11.6 Å². The summed E-state index contributed by atoms with van der Waals surface area (Å²) in [5.41, 5.74) is 2.21. The van der Waals surface area contributed by atoms with E-state index < -0.39 is 0 Å². The maximum absolute atomic E-state index is 12.0. The Labute approximate surface area is 156 Å². The van der Waals surface area contributed by atoms with E-state index in [4.69, 9.17) is 4.74 Å². The highest BCUT2D eigenvalue weighted by molar-refractivity contribution is 5.80. The average Bonchev–Trinajstić information content (AvgIpc) is 2.69. The molecule has 0 saturated carbocycles. The van der Waals surface area contributed by atoms with E-state index in [0.29, 0.717) is 13.2 Å².